The van der Waals surface area contributed by atoms with Crippen LogP contribution < -0.4 is 4.74 Å². The first-order valence-corrected chi connectivity index (χ1v) is 4.19. The molecule has 0 fully saturated rings. The maximum atomic E-state index is 12.1. The highest BCUT2D eigenvalue weighted by molar-refractivity contribution is 5.92. The highest BCUT2D eigenvalue weighted by Gasteiger charge is 2.17. The van der Waals surface area contributed by atoms with Gasteiger partial charge in [-0.05, 0) is 18.6 Å². The van der Waals surface area contributed by atoms with Crippen molar-refractivity contribution in [3.63, 3.8) is 0 Å². The predicted molar refractivity (Wildman–Crippen MR) is 49.2 cm³/mol. The van der Waals surface area contributed by atoms with Gasteiger partial charge in [0.1, 0.15) is 11.3 Å². The molecule has 0 spiro atoms. The second kappa shape index (κ2) is 4.72. The lowest BCUT2D eigenvalue weighted by atomic mass is 10.1. The molecule has 0 saturated heterocycles. The van der Waals surface area contributed by atoms with Gasteiger partial charge in [-0.3, -0.25) is 0 Å². The van der Waals surface area contributed by atoms with E-state index in [2.05, 4.69) is 9.47 Å². The summed E-state index contributed by atoms with van der Waals surface area (Å²) >= 11 is 0. The van der Waals surface area contributed by atoms with Crippen LogP contribution in [0.2, 0.25) is 0 Å². The molecular weight excluding hydrogens is 206 g/mol. The van der Waals surface area contributed by atoms with Crippen LogP contribution in [0, 0.1) is 6.92 Å². The normalized spacial score (nSPS) is 10.2. The molecule has 0 heterocycles. The number of esters is 1. The van der Waals surface area contributed by atoms with Crippen LogP contribution in [-0.4, -0.2) is 19.7 Å². The minimum atomic E-state index is -2.96. The summed E-state index contributed by atoms with van der Waals surface area (Å²) < 4.78 is 32.9. The van der Waals surface area contributed by atoms with Crippen LogP contribution in [0.1, 0.15) is 15.9 Å². The Hall–Kier alpha value is -1.65. The van der Waals surface area contributed by atoms with E-state index in [1.54, 1.807) is 19.1 Å². The summed E-state index contributed by atoms with van der Waals surface area (Å²) in [4.78, 5) is 11.2. The van der Waals surface area contributed by atoms with Gasteiger partial charge in [-0.2, -0.15) is 8.78 Å². The molecule has 0 aliphatic rings. The molecule has 15 heavy (non-hydrogen) atoms. The maximum Gasteiger partial charge on any atom is 0.387 e. The fourth-order valence-electron chi connectivity index (χ4n) is 1.17. The molecule has 0 atom stereocenters. The minimum Gasteiger partial charge on any atom is -0.465 e. The molecule has 0 amide bonds. The Kier molecular flexibility index (Phi) is 3.60. The number of rotatable bonds is 3. The highest BCUT2D eigenvalue weighted by Crippen LogP contribution is 2.25. The number of hydrogen-bond donors (Lipinski definition) is 0. The number of ether oxygens (including phenoxy) is 2. The first-order valence-electron chi connectivity index (χ1n) is 4.19. The molecule has 0 bridgehead atoms. The standard InChI is InChI=1S/C10H10F2O3/c1-6-4-3-5-7(9(13)14-2)8(6)15-10(11)12/h3-5,10H,1-2H3. The van der Waals surface area contributed by atoms with Gasteiger partial charge >= 0.3 is 12.6 Å². The van der Waals surface area contributed by atoms with E-state index in [1.165, 1.54) is 13.2 Å². The molecule has 0 radical (unpaired) electrons. The number of methoxy groups -OCH3 is 1. The van der Waals surface area contributed by atoms with Gasteiger partial charge in [0.15, 0.2) is 0 Å². The summed E-state index contributed by atoms with van der Waals surface area (Å²) in [6.07, 6.45) is 0. The van der Waals surface area contributed by atoms with E-state index in [-0.39, 0.29) is 11.3 Å². The van der Waals surface area contributed by atoms with Crippen molar-refractivity contribution in [3.8, 4) is 5.75 Å². The molecule has 0 N–H and O–H groups in total. The SMILES string of the molecule is COC(=O)c1cccc(C)c1OC(F)F. The fourth-order valence-corrected chi connectivity index (χ4v) is 1.17. The Balaban J connectivity index is 3.14. The molecule has 3 nitrogen and oxygen atoms in total. The number of carbonyl (C=O) groups excluding carboxylic acids is 1. The zero-order chi connectivity index (χ0) is 11.4. The Bertz CT molecular complexity index is 364. The molecule has 1 rings (SSSR count). The topological polar surface area (TPSA) is 35.5 Å². The van der Waals surface area contributed by atoms with Crippen LogP contribution in [0.5, 0.6) is 5.75 Å². The van der Waals surface area contributed by atoms with Gasteiger partial charge in [0.05, 0.1) is 7.11 Å². The number of alkyl halides is 2. The van der Waals surface area contributed by atoms with Crippen LogP contribution in [0.15, 0.2) is 18.2 Å². The van der Waals surface area contributed by atoms with Gasteiger partial charge in [0.25, 0.3) is 0 Å². The van der Waals surface area contributed by atoms with Crippen LogP contribution in [0.3, 0.4) is 0 Å². The van der Waals surface area contributed by atoms with E-state index in [9.17, 15) is 13.6 Å². The van der Waals surface area contributed by atoms with Crippen molar-refractivity contribution in [2.24, 2.45) is 0 Å². The Morgan fingerprint density at radius 3 is 2.60 bits per heavy atom. The van der Waals surface area contributed by atoms with E-state index < -0.39 is 12.6 Å². The summed E-state index contributed by atoms with van der Waals surface area (Å²) in [6, 6.07) is 4.51. The molecule has 0 aromatic heterocycles. The third-order valence-electron chi connectivity index (χ3n) is 1.82. The molecule has 0 saturated carbocycles. The third kappa shape index (κ3) is 2.65. The summed E-state index contributed by atoms with van der Waals surface area (Å²) in [5.41, 5.74) is 0.455. The number of para-hydroxylation sites is 1. The predicted octanol–water partition coefficient (Wildman–Crippen LogP) is 2.38. The van der Waals surface area contributed by atoms with Crippen molar-refractivity contribution in [1.29, 1.82) is 0 Å². The van der Waals surface area contributed by atoms with Crippen LogP contribution >= 0.6 is 0 Å². The van der Waals surface area contributed by atoms with Gasteiger partial charge in [-0.1, -0.05) is 12.1 Å². The average Bonchev–Trinajstić information content (AvgIpc) is 2.19. The summed E-state index contributed by atoms with van der Waals surface area (Å²) in [5.74, 6) is -0.839. The number of benzene rings is 1. The van der Waals surface area contributed by atoms with Gasteiger partial charge < -0.3 is 9.47 Å². The average molecular weight is 216 g/mol. The largest absolute Gasteiger partial charge is 0.465 e. The van der Waals surface area contributed by atoms with Gasteiger partial charge in [0.2, 0.25) is 0 Å². The molecule has 1 aromatic rings. The van der Waals surface area contributed by atoms with Crippen LogP contribution in [0.4, 0.5) is 8.78 Å². The van der Waals surface area contributed by atoms with Gasteiger partial charge in [-0.15, -0.1) is 0 Å². The summed E-state index contributed by atoms with van der Waals surface area (Å²) in [7, 11) is 1.18. The van der Waals surface area contributed by atoms with E-state index in [1.807, 2.05) is 0 Å². The maximum absolute atomic E-state index is 12.1. The van der Waals surface area contributed by atoms with Gasteiger partial charge in [-0.25, -0.2) is 4.79 Å². The van der Waals surface area contributed by atoms with Crippen LogP contribution in [0.25, 0.3) is 0 Å². The molecule has 0 unspecified atom stereocenters. The first-order chi connectivity index (χ1) is 7.06. The van der Waals surface area contributed by atoms with E-state index in [0.717, 1.165) is 0 Å². The fraction of sp³-hybridized carbons (Fsp3) is 0.300. The zero-order valence-electron chi connectivity index (χ0n) is 8.29. The quantitative estimate of drug-likeness (QED) is 0.727. The minimum absolute atomic E-state index is 0.00204. The van der Waals surface area contributed by atoms with E-state index in [4.69, 9.17) is 0 Å². The smallest absolute Gasteiger partial charge is 0.387 e. The Morgan fingerprint density at radius 2 is 2.07 bits per heavy atom. The van der Waals surface area contributed by atoms with Crippen molar-refractivity contribution in [2.75, 3.05) is 7.11 Å². The van der Waals surface area contributed by atoms with Crippen LogP contribution in [-0.2, 0) is 4.74 Å². The highest BCUT2D eigenvalue weighted by atomic mass is 19.3. The van der Waals surface area contributed by atoms with Crippen molar-refractivity contribution < 1.29 is 23.0 Å². The van der Waals surface area contributed by atoms with Gasteiger partial charge in [0, 0.05) is 0 Å². The first kappa shape index (κ1) is 11.4. The molecule has 0 aliphatic heterocycles. The van der Waals surface area contributed by atoms with E-state index in [0.29, 0.717) is 5.56 Å². The zero-order valence-corrected chi connectivity index (χ0v) is 8.29. The summed E-state index contributed by atoms with van der Waals surface area (Å²) in [5, 5.41) is 0. The number of aryl methyl sites for hydroxylation is 1. The lowest BCUT2D eigenvalue weighted by molar-refractivity contribution is -0.0508. The lowest BCUT2D eigenvalue weighted by Crippen LogP contribution is -2.10. The van der Waals surface area contributed by atoms with Crippen molar-refractivity contribution in [2.45, 2.75) is 13.5 Å². The number of carbonyl (C=O) groups is 1. The molecule has 5 heteroatoms. The number of halogens is 2. The molecular formula is C10H10F2O3. The van der Waals surface area contributed by atoms with E-state index >= 15 is 0 Å². The number of hydrogen-bond acceptors (Lipinski definition) is 3. The molecule has 1 aromatic carbocycles. The molecule has 0 aliphatic carbocycles. The van der Waals surface area contributed by atoms with Crippen molar-refractivity contribution in [3.05, 3.63) is 29.3 Å². The Morgan fingerprint density at radius 1 is 1.40 bits per heavy atom. The van der Waals surface area contributed by atoms with Crippen molar-refractivity contribution in [1.82, 2.24) is 0 Å². The Labute approximate surface area is 85.6 Å². The van der Waals surface area contributed by atoms with Crippen molar-refractivity contribution >= 4 is 5.97 Å². The molecule has 82 valence electrons. The lowest BCUT2D eigenvalue weighted by Gasteiger charge is -2.11. The third-order valence-corrected chi connectivity index (χ3v) is 1.82. The summed E-state index contributed by atoms with van der Waals surface area (Å²) in [6.45, 7) is -1.39. The second-order valence-corrected chi connectivity index (χ2v) is 2.82. The monoisotopic (exact) mass is 216 g/mol. The second-order valence-electron chi connectivity index (χ2n) is 2.82.